The van der Waals surface area contributed by atoms with Gasteiger partial charge in [-0.15, -0.1) is 0 Å². The van der Waals surface area contributed by atoms with Crippen LogP contribution in [0.25, 0.3) is 0 Å². The van der Waals surface area contributed by atoms with Crippen molar-refractivity contribution < 1.29 is 9.59 Å². The highest BCUT2D eigenvalue weighted by Gasteiger charge is 2.13. The molecule has 3 N–H and O–H groups in total. The molecule has 1 aromatic carbocycles. The summed E-state index contributed by atoms with van der Waals surface area (Å²) in [6, 6.07) is 4.68. The van der Waals surface area contributed by atoms with E-state index in [9.17, 15) is 9.59 Å². The summed E-state index contributed by atoms with van der Waals surface area (Å²) >= 11 is 11.5. The van der Waals surface area contributed by atoms with Crippen LogP contribution in [0.5, 0.6) is 0 Å². The maximum absolute atomic E-state index is 10.9. The zero-order chi connectivity index (χ0) is 10.7. The molecule has 0 saturated carbocycles. The minimum atomic E-state index is -1.10. The van der Waals surface area contributed by atoms with Crippen LogP contribution in [0.2, 0.25) is 10.0 Å². The number of rotatable bonds is 1. The van der Waals surface area contributed by atoms with E-state index in [1.165, 1.54) is 12.1 Å². The smallest absolute Gasteiger partial charge is 0.313 e. The molecule has 74 valence electrons. The molecule has 6 heteroatoms. The van der Waals surface area contributed by atoms with E-state index >= 15 is 0 Å². The average molecular weight is 233 g/mol. The molecule has 1 aromatic rings. The first-order chi connectivity index (χ1) is 6.52. The molecular formula is C8H6Cl2N2O2. The van der Waals surface area contributed by atoms with Gasteiger partial charge in [-0.3, -0.25) is 9.59 Å². The summed E-state index contributed by atoms with van der Waals surface area (Å²) in [6.45, 7) is 0. The largest absolute Gasteiger partial charge is 0.361 e. The van der Waals surface area contributed by atoms with Crippen LogP contribution < -0.4 is 11.1 Å². The van der Waals surface area contributed by atoms with Crippen LogP contribution in [-0.2, 0) is 9.59 Å². The van der Waals surface area contributed by atoms with Crippen molar-refractivity contribution in [2.24, 2.45) is 5.73 Å². The molecule has 0 atom stereocenters. The summed E-state index contributed by atoms with van der Waals surface area (Å²) in [6.07, 6.45) is 0. The lowest BCUT2D eigenvalue weighted by Crippen LogP contribution is -2.29. The second-order valence-electron chi connectivity index (χ2n) is 2.42. The number of benzene rings is 1. The summed E-state index contributed by atoms with van der Waals surface area (Å²) in [5, 5.41) is 2.69. The maximum atomic E-state index is 10.9. The molecule has 4 nitrogen and oxygen atoms in total. The number of halogens is 2. The molecule has 0 heterocycles. The molecule has 0 aliphatic carbocycles. The minimum absolute atomic E-state index is 0.180. The first kappa shape index (κ1) is 10.8. The summed E-state index contributed by atoms with van der Waals surface area (Å²) in [7, 11) is 0. The van der Waals surface area contributed by atoms with Gasteiger partial charge in [0.2, 0.25) is 0 Å². The highest BCUT2D eigenvalue weighted by atomic mass is 35.5. The van der Waals surface area contributed by atoms with E-state index in [0.717, 1.165) is 0 Å². The third-order valence-corrected chi connectivity index (χ3v) is 2.06. The van der Waals surface area contributed by atoms with Gasteiger partial charge in [0.1, 0.15) is 0 Å². The molecule has 14 heavy (non-hydrogen) atoms. The van der Waals surface area contributed by atoms with Gasteiger partial charge in [-0.2, -0.15) is 0 Å². The molecule has 0 spiro atoms. The highest BCUT2D eigenvalue weighted by molar-refractivity contribution is 6.44. The fraction of sp³-hybridized carbons (Fsp3) is 0. The fourth-order valence-corrected chi connectivity index (χ4v) is 1.28. The molecule has 0 radical (unpaired) electrons. The van der Waals surface area contributed by atoms with E-state index in [2.05, 4.69) is 5.32 Å². The number of carbonyl (C=O) groups is 2. The van der Waals surface area contributed by atoms with Crippen molar-refractivity contribution in [2.45, 2.75) is 0 Å². The molecule has 2 amide bonds. The van der Waals surface area contributed by atoms with Gasteiger partial charge < -0.3 is 11.1 Å². The SMILES string of the molecule is NC(=O)C(=O)Nc1c(Cl)cccc1Cl. The van der Waals surface area contributed by atoms with Gasteiger partial charge in [0, 0.05) is 0 Å². The molecule has 0 aliphatic rings. The van der Waals surface area contributed by atoms with Crippen LogP contribution in [-0.4, -0.2) is 11.8 Å². The zero-order valence-electron chi connectivity index (χ0n) is 6.88. The third kappa shape index (κ3) is 2.37. The molecule has 0 bridgehead atoms. The van der Waals surface area contributed by atoms with E-state index in [1.54, 1.807) is 6.07 Å². The van der Waals surface area contributed by atoms with Crippen molar-refractivity contribution in [3.63, 3.8) is 0 Å². The van der Waals surface area contributed by atoms with Crippen molar-refractivity contribution in [1.29, 1.82) is 0 Å². The Labute approximate surface area is 90.0 Å². The zero-order valence-corrected chi connectivity index (χ0v) is 8.39. The molecule has 0 aromatic heterocycles. The van der Waals surface area contributed by atoms with Crippen LogP contribution in [0.3, 0.4) is 0 Å². The van der Waals surface area contributed by atoms with E-state index in [-0.39, 0.29) is 15.7 Å². The normalized spacial score (nSPS) is 9.57. The molecule has 0 saturated heterocycles. The summed E-state index contributed by atoms with van der Waals surface area (Å²) in [4.78, 5) is 21.4. The number of nitrogens with one attached hydrogen (secondary N) is 1. The van der Waals surface area contributed by atoms with E-state index in [4.69, 9.17) is 28.9 Å². The van der Waals surface area contributed by atoms with Gasteiger partial charge in [0.05, 0.1) is 15.7 Å². The lowest BCUT2D eigenvalue weighted by atomic mass is 10.3. The van der Waals surface area contributed by atoms with Crippen LogP contribution >= 0.6 is 23.2 Å². The minimum Gasteiger partial charge on any atom is -0.361 e. The molecule has 0 aliphatic heterocycles. The maximum Gasteiger partial charge on any atom is 0.313 e. The molecule has 1 rings (SSSR count). The van der Waals surface area contributed by atoms with Gasteiger partial charge in [-0.05, 0) is 12.1 Å². The van der Waals surface area contributed by atoms with Crippen molar-refractivity contribution in [2.75, 3.05) is 5.32 Å². The van der Waals surface area contributed by atoms with Crippen LogP contribution in [0.1, 0.15) is 0 Å². The Hall–Kier alpha value is -1.26. The van der Waals surface area contributed by atoms with Crippen LogP contribution in [0.15, 0.2) is 18.2 Å². The van der Waals surface area contributed by atoms with Crippen molar-refractivity contribution in [1.82, 2.24) is 0 Å². The Kier molecular flexibility index (Phi) is 3.33. The standard InChI is InChI=1S/C8H6Cl2N2O2/c9-4-2-1-3-5(10)6(4)12-8(14)7(11)13/h1-3H,(H2,11,13)(H,12,14). The Bertz CT molecular complexity index is 373. The Morgan fingerprint density at radius 3 is 2.14 bits per heavy atom. The predicted octanol–water partition coefficient (Wildman–Crippen LogP) is 1.42. The predicted molar refractivity (Wildman–Crippen MR) is 54.3 cm³/mol. The average Bonchev–Trinajstić information content (AvgIpc) is 2.11. The highest BCUT2D eigenvalue weighted by Crippen LogP contribution is 2.29. The summed E-state index contributed by atoms with van der Waals surface area (Å²) < 4.78 is 0. The molecule has 0 fully saturated rings. The van der Waals surface area contributed by atoms with Gasteiger partial charge in [0.15, 0.2) is 0 Å². The van der Waals surface area contributed by atoms with E-state index < -0.39 is 11.8 Å². The number of anilines is 1. The number of carbonyl (C=O) groups excluding carboxylic acids is 2. The monoisotopic (exact) mass is 232 g/mol. The second kappa shape index (κ2) is 4.30. The first-order valence-corrected chi connectivity index (χ1v) is 4.32. The van der Waals surface area contributed by atoms with Crippen molar-refractivity contribution in [3.8, 4) is 0 Å². The molecular weight excluding hydrogens is 227 g/mol. The summed E-state index contributed by atoms with van der Waals surface area (Å²) in [5.74, 6) is -2.05. The first-order valence-electron chi connectivity index (χ1n) is 3.57. The summed E-state index contributed by atoms with van der Waals surface area (Å²) in [5.41, 5.74) is 4.93. The van der Waals surface area contributed by atoms with Crippen LogP contribution in [0, 0.1) is 0 Å². The second-order valence-corrected chi connectivity index (χ2v) is 3.23. The van der Waals surface area contributed by atoms with Gasteiger partial charge >= 0.3 is 11.8 Å². The van der Waals surface area contributed by atoms with Crippen molar-refractivity contribution >= 4 is 40.7 Å². The quantitative estimate of drug-likeness (QED) is 0.720. The van der Waals surface area contributed by atoms with E-state index in [1.807, 2.05) is 0 Å². The van der Waals surface area contributed by atoms with Crippen molar-refractivity contribution in [3.05, 3.63) is 28.2 Å². The number of hydrogen-bond donors (Lipinski definition) is 2. The number of primary amides is 1. The lowest BCUT2D eigenvalue weighted by molar-refractivity contribution is -0.134. The Morgan fingerprint density at radius 1 is 1.21 bits per heavy atom. The van der Waals surface area contributed by atoms with Crippen LogP contribution in [0.4, 0.5) is 5.69 Å². The number of nitrogens with two attached hydrogens (primary N) is 1. The number of para-hydroxylation sites is 1. The third-order valence-electron chi connectivity index (χ3n) is 1.43. The number of amides is 2. The lowest BCUT2D eigenvalue weighted by Gasteiger charge is -2.06. The fourth-order valence-electron chi connectivity index (χ4n) is 0.792. The van der Waals surface area contributed by atoms with Gasteiger partial charge in [0.25, 0.3) is 0 Å². The Balaban J connectivity index is 2.97. The van der Waals surface area contributed by atoms with Gasteiger partial charge in [-0.25, -0.2) is 0 Å². The number of hydrogen-bond acceptors (Lipinski definition) is 2. The van der Waals surface area contributed by atoms with E-state index in [0.29, 0.717) is 0 Å². The Morgan fingerprint density at radius 2 is 1.71 bits per heavy atom. The topological polar surface area (TPSA) is 72.2 Å². The van der Waals surface area contributed by atoms with Gasteiger partial charge in [-0.1, -0.05) is 29.3 Å². The molecule has 0 unspecified atom stereocenters.